The van der Waals surface area contributed by atoms with Crippen LogP contribution in [-0.2, 0) is 13.6 Å². The van der Waals surface area contributed by atoms with E-state index in [0.29, 0.717) is 12.2 Å². The van der Waals surface area contributed by atoms with Gasteiger partial charge in [-0.1, -0.05) is 24.3 Å². The van der Waals surface area contributed by atoms with Gasteiger partial charge >= 0.3 is 5.69 Å². The van der Waals surface area contributed by atoms with Crippen LogP contribution in [0.2, 0.25) is 0 Å². The molecule has 9 heteroatoms. The van der Waals surface area contributed by atoms with Crippen molar-refractivity contribution >= 4 is 17.3 Å². The van der Waals surface area contributed by atoms with Gasteiger partial charge in [-0.05, 0) is 25.0 Å². The molecule has 26 heavy (non-hydrogen) atoms. The van der Waals surface area contributed by atoms with Gasteiger partial charge in [0.2, 0.25) is 5.69 Å². The molecule has 1 aromatic carbocycles. The van der Waals surface area contributed by atoms with Crippen molar-refractivity contribution in [3.8, 4) is 0 Å². The van der Waals surface area contributed by atoms with Gasteiger partial charge in [-0.25, -0.2) is 0 Å². The Morgan fingerprint density at radius 3 is 2.73 bits per heavy atom. The van der Waals surface area contributed by atoms with E-state index in [2.05, 4.69) is 15.5 Å². The second-order valence-electron chi connectivity index (χ2n) is 5.97. The number of carbonyl (C=O) groups is 1. The molecule has 2 heterocycles. The molecule has 3 rings (SSSR count). The maximum Gasteiger partial charge on any atom is 0.322 e. The molecule has 0 saturated carbocycles. The van der Waals surface area contributed by atoms with Crippen LogP contribution in [0.5, 0.6) is 0 Å². The van der Waals surface area contributed by atoms with Gasteiger partial charge in [0.25, 0.3) is 5.91 Å². The quantitative estimate of drug-likeness (QED) is 0.559. The van der Waals surface area contributed by atoms with Crippen molar-refractivity contribution in [3.05, 3.63) is 69.3 Å². The highest BCUT2D eigenvalue weighted by Crippen LogP contribution is 2.23. The molecule has 0 radical (unpaired) electrons. The second-order valence-corrected chi connectivity index (χ2v) is 5.97. The summed E-state index contributed by atoms with van der Waals surface area (Å²) in [5.41, 5.74) is 2.52. The summed E-state index contributed by atoms with van der Waals surface area (Å²) in [5, 5.41) is 22.0. The first kappa shape index (κ1) is 17.3. The second kappa shape index (κ2) is 6.79. The van der Waals surface area contributed by atoms with E-state index in [1.54, 1.807) is 10.9 Å². The van der Waals surface area contributed by atoms with Crippen LogP contribution in [0.25, 0.3) is 0 Å². The molecule has 3 aromatic rings. The van der Waals surface area contributed by atoms with Crippen LogP contribution in [-0.4, -0.2) is 30.4 Å². The number of amides is 1. The lowest BCUT2D eigenvalue weighted by atomic mass is 10.1. The molecule has 1 amide bonds. The molecule has 0 bridgehead atoms. The van der Waals surface area contributed by atoms with Crippen molar-refractivity contribution in [2.24, 2.45) is 7.05 Å². The van der Waals surface area contributed by atoms with E-state index in [9.17, 15) is 14.9 Å². The first-order valence-electron chi connectivity index (χ1n) is 7.93. The fourth-order valence-electron chi connectivity index (χ4n) is 2.79. The van der Waals surface area contributed by atoms with E-state index in [1.165, 1.54) is 24.9 Å². The summed E-state index contributed by atoms with van der Waals surface area (Å²) >= 11 is 0. The van der Waals surface area contributed by atoms with E-state index < -0.39 is 10.8 Å². The lowest BCUT2D eigenvalue weighted by Crippen LogP contribution is -2.17. The lowest BCUT2D eigenvalue weighted by molar-refractivity contribution is -0.385. The normalized spacial score (nSPS) is 10.7. The van der Waals surface area contributed by atoms with Crippen LogP contribution in [0.15, 0.2) is 36.7 Å². The first-order valence-corrected chi connectivity index (χ1v) is 7.93. The Morgan fingerprint density at radius 2 is 2.04 bits per heavy atom. The topological polar surface area (TPSA) is 108 Å². The first-order chi connectivity index (χ1) is 12.4. The highest BCUT2D eigenvalue weighted by molar-refractivity contribution is 6.05. The summed E-state index contributed by atoms with van der Waals surface area (Å²) in [4.78, 5) is 23.1. The summed E-state index contributed by atoms with van der Waals surface area (Å²) < 4.78 is 2.90. The van der Waals surface area contributed by atoms with Crippen molar-refractivity contribution in [1.29, 1.82) is 0 Å². The summed E-state index contributed by atoms with van der Waals surface area (Å²) in [7, 11) is 1.50. The summed E-state index contributed by atoms with van der Waals surface area (Å²) in [5.74, 6) is -0.602. The molecule has 1 N–H and O–H groups in total. The third kappa shape index (κ3) is 3.32. The van der Waals surface area contributed by atoms with Crippen molar-refractivity contribution in [1.82, 2.24) is 19.6 Å². The summed E-state index contributed by atoms with van der Waals surface area (Å²) in [6.45, 7) is 4.08. The molecule has 2 aromatic heterocycles. The molecule has 0 unspecified atom stereocenters. The third-order valence-corrected chi connectivity index (χ3v) is 4.07. The highest BCUT2D eigenvalue weighted by Gasteiger charge is 2.29. The molecule has 0 aliphatic rings. The number of carbonyl (C=O) groups excluding carboxylic acids is 1. The zero-order chi connectivity index (χ0) is 18.8. The Morgan fingerprint density at radius 1 is 1.31 bits per heavy atom. The Kier molecular flexibility index (Phi) is 4.53. The van der Waals surface area contributed by atoms with Gasteiger partial charge in [0.05, 0.1) is 23.4 Å². The average Bonchev–Trinajstić information content (AvgIpc) is 3.13. The zero-order valence-electron chi connectivity index (χ0n) is 14.6. The molecule has 0 spiro atoms. The van der Waals surface area contributed by atoms with E-state index in [0.717, 1.165) is 11.1 Å². The van der Waals surface area contributed by atoms with E-state index >= 15 is 0 Å². The van der Waals surface area contributed by atoms with Crippen molar-refractivity contribution in [2.75, 3.05) is 5.32 Å². The number of aromatic nitrogens is 4. The largest absolute Gasteiger partial charge is 0.322 e. The predicted octanol–water partition coefficient (Wildman–Crippen LogP) is 2.44. The highest BCUT2D eigenvalue weighted by atomic mass is 16.6. The van der Waals surface area contributed by atoms with Crippen LogP contribution in [0, 0.1) is 24.0 Å². The van der Waals surface area contributed by atoms with Crippen LogP contribution in [0.1, 0.15) is 27.3 Å². The van der Waals surface area contributed by atoms with Gasteiger partial charge in [0.1, 0.15) is 5.69 Å². The minimum absolute atomic E-state index is 0.0980. The third-order valence-electron chi connectivity index (χ3n) is 4.07. The molecule has 0 aliphatic heterocycles. The van der Waals surface area contributed by atoms with E-state index in [-0.39, 0.29) is 17.1 Å². The zero-order valence-corrected chi connectivity index (χ0v) is 14.6. The van der Waals surface area contributed by atoms with Crippen LogP contribution in [0.4, 0.5) is 11.4 Å². The Hall–Kier alpha value is -3.49. The maximum absolute atomic E-state index is 12.5. The Bertz CT molecular complexity index is 988. The standard InChI is InChI=1S/C17H18N6O3/c1-11-6-4-5-7-13(11)9-22-10-14(8-18-22)19-17(24)16-15(23(25)26)12(2)20-21(16)3/h4-8,10H,9H2,1-3H3,(H,19,24). The minimum Gasteiger partial charge on any atom is -0.318 e. The van der Waals surface area contributed by atoms with Gasteiger partial charge in [0.15, 0.2) is 0 Å². The fraction of sp³-hybridized carbons (Fsp3) is 0.235. The molecule has 0 fully saturated rings. The number of benzene rings is 1. The number of nitro groups is 1. The lowest BCUT2D eigenvalue weighted by Gasteiger charge is -2.05. The predicted molar refractivity (Wildman–Crippen MR) is 95.1 cm³/mol. The average molecular weight is 354 g/mol. The van der Waals surface area contributed by atoms with Gasteiger partial charge < -0.3 is 5.32 Å². The molecule has 0 atom stereocenters. The number of hydrogen-bond donors (Lipinski definition) is 1. The monoisotopic (exact) mass is 354 g/mol. The number of nitrogens with zero attached hydrogens (tertiary/aromatic N) is 5. The molecular weight excluding hydrogens is 336 g/mol. The number of hydrogen-bond acceptors (Lipinski definition) is 5. The van der Waals surface area contributed by atoms with E-state index in [4.69, 9.17) is 0 Å². The Labute approximate surface area is 149 Å². The van der Waals surface area contributed by atoms with Gasteiger partial charge in [0, 0.05) is 13.2 Å². The number of rotatable bonds is 5. The van der Waals surface area contributed by atoms with Gasteiger partial charge in [-0.15, -0.1) is 0 Å². The van der Waals surface area contributed by atoms with Crippen LogP contribution in [0.3, 0.4) is 0 Å². The molecule has 0 saturated heterocycles. The van der Waals surface area contributed by atoms with Crippen molar-refractivity contribution < 1.29 is 9.72 Å². The number of aryl methyl sites for hydroxylation is 3. The molecule has 0 aliphatic carbocycles. The summed E-state index contributed by atoms with van der Waals surface area (Å²) in [6, 6.07) is 7.96. The van der Waals surface area contributed by atoms with E-state index in [1.807, 2.05) is 31.2 Å². The Balaban J connectivity index is 1.79. The van der Waals surface area contributed by atoms with Crippen molar-refractivity contribution in [3.63, 3.8) is 0 Å². The van der Waals surface area contributed by atoms with Crippen LogP contribution < -0.4 is 5.32 Å². The molecule has 9 nitrogen and oxygen atoms in total. The maximum atomic E-state index is 12.5. The van der Waals surface area contributed by atoms with Crippen LogP contribution >= 0.6 is 0 Å². The molecular formula is C17H18N6O3. The summed E-state index contributed by atoms with van der Waals surface area (Å²) in [6.07, 6.45) is 3.19. The van der Waals surface area contributed by atoms with Gasteiger partial charge in [-0.3, -0.25) is 24.3 Å². The SMILES string of the molecule is Cc1ccccc1Cn1cc(NC(=O)c2c([N+](=O)[O-])c(C)nn2C)cn1. The number of anilines is 1. The minimum atomic E-state index is -0.602. The van der Waals surface area contributed by atoms with Crippen molar-refractivity contribution in [2.45, 2.75) is 20.4 Å². The van der Waals surface area contributed by atoms with Gasteiger partial charge in [-0.2, -0.15) is 10.2 Å². The smallest absolute Gasteiger partial charge is 0.318 e. The fourth-order valence-corrected chi connectivity index (χ4v) is 2.79. The number of nitrogens with one attached hydrogen (secondary N) is 1. The molecule has 134 valence electrons.